The van der Waals surface area contributed by atoms with Crippen LogP contribution in [0, 0.1) is 5.92 Å². The summed E-state index contributed by atoms with van der Waals surface area (Å²) in [5, 5.41) is 3.50. The van der Waals surface area contributed by atoms with Crippen molar-refractivity contribution in [3.8, 4) is 0 Å². The van der Waals surface area contributed by atoms with E-state index in [4.69, 9.17) is 5.73 Å². The van der Waals surface area contributed by atoms with Gasteiger partial charge in [-0.15, -0.1) is 0 Å². The van der Waals surface area contributed by atoms with E-state index in [2.05, 4.69) is 24.2 Å². The molecule has 3 nitrogen and oxygen atoms in total. The highest BCUT2D eigenvalue weighted by Crippen LogP contribution is 2.14. The van der Waals surface area contributed by atoms with Gasteiger partial charge in [0.25, 0.3) is 0 Å². The van der Waals surface area contributed by atoms with Gasteiger partial charge in [-0.3, -0.25) is 0 Å². The van der Waals surface area contributed by atoms with Crippen LogP contribution in [0.3, 0.4) is 0 Å². The van der Waals surface area contributed by atoms with Gasteiger partial charge in [-0.2, -0.15) is 0 Å². The second-order valence-electron chi connectivity index (χ2n) is 4.72. The molecule has 1 fully saturated rings. The summed E-state index contributed by atoms with van der Waals surface area (Å²) in [5.74, 6) is 0.888. The molecule has 0 aromatic carbocycles. The Morgan fingerprint density at radius 2 is 2.07 bits per heavy atom. The molecule has 14 heavy (non-hydrogen) atoms. The van der Waals surface area contributed by atoms with Crippen LogP contribution in [-0.2, 0) is 0 Å². The van der Waals surface area contributed by atoms with Crippen molar-refractivity contribution in [2.24, 2.45) is 11.7 Å². The molecule has 1 rings (SSSR count). The lowest BCUT2D eigenvalue weighted by Crippen LogP contribution is -2.35. The van der Waals surface area contributed by atoms with Gasteiger partial charge in [0.1, 0.15) is 0 Å². The van der Waals surface area contributed by atoms with Crippen molar-refractivity contribution in [2.75, 3.05) is 33.2 Å². The Labute approximate surface area is 88.0 Å². The van der Waals surface area contributed by atoms with Gasteiger partial charge in [0.2, 0.25) is 0 Å². The fraction of sp³-hybridized carbons (Fsp3) is 1.00. The molecule has 0 aromatic rings. The highest BCUT2D eigenvalue weighted by molar-refractivity contribution is 4.71. The number of likely N-dealkylation sites (tertiary alicyclic amines) is 1. The van der Waals surface area contributed by atoms with Crippen LogP contribution in [0.25, 0.3) is 0 Å². The number of nitrogens with zero attached hydrogens (tertiary/aromatic N) is 1. The Morgan fingerprint density at radius 3 is 2.64 bits per heavy atom. The number of hydrogen-bond acceptors (Lipinski definition) is 3. The van der Waals surface area contributed by atoms with Gasteiger partial charge in [-0.1, -0.05) is 0 Å². The molecule has 1 aliphatic heterocycles. The first-order valence-corrected chi connectivity index (χ1v) is 5.83. The standard InChI is InChI=1S/C11H25N3/c1-10(12)3-6-13-9-11-4-7-14(2)8-5-11/h10-11,13H,3-9,12H2,1-2H3. The van der Waals surface area contributed by atoms with E-state index >= 15 is 0 Å². The van der Waals surface area contributed by atoms with Gasteiger partial charge in [0.15, 0.2) is 0 Å². The number of piperidine rings is 1. The summed E-state index contributed by atoms with van der Waals surface area (Å²) in [7, 11) is 2.21. The normalized spacial score (nSPS) is 22.5. The first-order chi connectivity index (χ1) is 6.68. The highest BCUT2D eigenvalue weighted by atomic mass is 15.1. The van der Waals surface area contributed by atoms with Crippen molar-refractivity contribution < 1.29 is 0 Å². The SMILES string of the molecule is CC(N)CCNCC1CCN(C)CC1. The molecule has 1 heterocycles. The summed E-state index contributed by atoms with van der Waals surface area (Å²) in [6, 6.07) is 0.333. The van der Waals surface area contributed by atoms with Crippen LogP contribution in [0.15, 0.2) is 0 Å². The maximum atomic E-state index is 5.68. The molecule has 0 spiro atoms. The Bertz CT molecular complexity index is 139. The highest BCUT2D eigenvalue weighted by Gasteiger charge is 2.15. The van der Waals surface area contributed by atoms with Crippen molar-refractivity contribution >= 4 is 0 Å². The van der Waals surface area contributed by atoms with Gasteiger partial charge >= 0.3 is 0 Å². The van der Waals surface area contributed by atoms with Crippen molar-refractivity contribution in [1.29, 1.82) is 0 Å². The lowest BCUT2D eigenvalue weighted by atomic mass is 9.97. The summed E-state index contributed by atoms with van der Waals surface area (Å²) >= 11 is 0. The number of nitrogens with one attached hydrogen (secondary N) is 1. The number of rotatable bonds is 5. The van der Waals surface area contributed by atoms with Gasteiger partial charge in [0, 0.05) is 6.04 Å². The Morgan fingerprint density at radius 1 is 1.43 bits per heavy atom. The fourth-order valence-corrected chi connectivity index (χ4v) is 1.90. The molecule has 0 aromatic heterocycles. The number of hydrogen-bond donors (Lipinski definition) is 2. The summed E-state index contributed by atoms with van der Waals surface area (Å²) in [5.41, 5.74) is 5.68. The second kappa shape index (κ2) is 6.38. The zero-order chi connectivity index (χ0) is 10.4. The fourth-order valence-electron chi connectivity index (χ4n) is 1.90. The van der Waals surface area contributed by atoms with E-state index in [-0.39, 0.29) is 0 Å². The molecule has 0 aliphatic carbocycles. The van der Waals surface area contributed by atoms with Gasteiger partial charge in [-0.25, -0.2) is 0 Å². The van der Waals surface area contributed by atoms with Crippen molar-refractivity contribution in [1.82, 2.24) is 10.2 Å². The lowest BCUT2D eigenvalue weighted by Gasteiger charge is -2.29. The molecule has 3 heteroatoms. The largest absolute Gasteiger partial charge is 0.328 e. The van der Waals surface area contributed by atoms with Crippen LogP contribution in [-0.4, -0.2) is 44.2 Å². The van der Waals surface area contributed by atoms with Crippen LogP contribution in [0.4, 0.5) is 0 Å². The molecule has 1 aliphatic rings. The predicted molar refractivity (Wildman–Crippen MR) is 61.4 cm³/mol. The number of nitrogens with two attached hydrogens (primary N) is 1. The third kappa shape index (κ3) is 4.94. The predicted octanol–water partition coefficient (Wildman–Crippen LogP) is 0.655. The van der Waals surface area contributed by atoms with Crippen LogP contribution >= 0.6 is 0 Å². The summed E-state index contributed by atoms with van der Waals surface area (Å²) < 4.78 is 0. The minimum Gasteiger partial charge on any atom is -0.328 e. The van der Waals surface area contributed by atoms with Crippen LogP contribution in [0.5, 0.6) is 0 Å². The van der Waals surface area contributed by atoms with Crippen molar-refractivity contribution in [3.63, 3.8) is 0 Å². The molecular weight excluding hydrogens is 174 g/mol. The molecule has 0 bridgehead atoms. The average Bonchev–Trinajstić information content (AvgIpc) is 2.15. The molecule has 1 unspecified atom stereocenters. The molecule has 0 saturated carbocycles. The van der Waals surface area contributed by atoms with Gasteiger partial charge in [-0.05, 0) is 65.3 Å². The minimum absolute atomic E-state index is 0.333. The van der Waals surface area contributed by atoms with Crippen LogP contribution in [0.2, 0.25) is 0 Å². The first kappa shape index (κ1) is 12.0. The summed E-state index contributed by atoms with van der Waals surface area (Å²) in [4.78, 5) is 2.42. The maximum absolute atomic E-state index is 5.68. The molecule has 1 saturated heterocycles. The van der Waals surface area contributed by atoms with E-state index < -0.39 is 0 Å². The molecular formula is C11H25N3. The monoisotopic (exact) mass is 199 g/mol. The van der Waals surface area contributed by atoms with E-state index in [0.717, 1.165) is 18.9 Å². The zero-order valence-corrected chi connectivity index (χ0v) is 9.63. The van der Waals surface area contributed by atoms with Crippen LogP contribution in [0.1, 0.15) is 26.2 Å². The Hall–Kier alpha value is -0.120. The first-order valence-electron chi connectivity index (χ1n) is 5.83. The summed E-state index contributed by atoms with van der Waals surface area (Å²) in [6.07, 6.45) is 3.79. The summed E-state index contributed by atoms with van der Waals surface area (Å²) in [6.45, 7) is 6.85. The van der Waals surface area contributed by atoms with Crippen molar-refractivity contribution in [2.45, 2.75) is 32.2 Å². The lowest BCUT2D eigenvalue weighted by molar-refractivity contribution is 0.216. The second-order valence-corrected chi connectivity index (χ2v) is 4.72. The van der Waals surface area contributed by atoms with E-state index in [9.17, 15) is 0 Å². The molecule has 84 valence electrons. The Balaban J connectivity index is 1.96. The van der Waals surface area contributed by atoms with Crippen molar-refractivity contribution in [3.05, 3.63) is 0 Å². The molecule has 1 atom stereocenters. The molecule has 0 amide bonds. The minimum atomic E-state index is 0.333. The van der Waals surface area contributed by atoms with E-state index in [1.807, 2.05) is 0 Å². The van der Waals surface area contributed by atoms with Gasteiger partial charge < -0.3 is 16.0 Å². The topological polar surface area (TPSA) is 41.3 Å². The Kier molecular flexibility index (Phi) is 5.45. The van der Waals surface area contributed by atoms with E-state index in [1.54, 1.807) is 0 Å². The third-order valence-electron chi connectivity index (χ3n) is 3.05. The van der Waals surface area contributed by atoms with E-state index in [0.29, 0.717) is 6.04 Å². The zero-order valence-electron chi connectivity index (χ0n) is 9.63. The smallest absolute Gasteiger partial charge is 0.00225 e. The third-order valence-corrected chi connectivity index (χ3v) is 3.05. The van der Waals surface area contributed by atoms with E-state index in [1.165, 1.54) is 32.5 Å². The van der Waals surface area contributed by atoms with Gasteiger partial charge in [0.05, 0.1) is 0 Å². The quantitative estimate of drug-likeness (QED) is 0.639. The molecule has 3 N–H and O–H groups in total. The maximum Gasteiger partial charge on any atom is 0.00225 e. The average molecular weight is 199 g/mol. The van der Waals surface area contributed by atoms with Crippen LogP contribution < -0.4 is 11.1 Å². The molecule has 0 radical (unpaired) electrons.